The molecular formula is C18H20Cl2O7S. The average Bonchev–Trinajstić information content (AvgIpc) is 2.70. The van der Waals surface area contributed by atoms with Crippen LogP contribution in [0, 0.1) is 0 Å². The molecule has 3 N–H and O–H groups in total. The van der Waals surface area contributed by atoms with E-state index in [-0.39, 0.29) is 39.7 Å². The number of hydrogen-bond acceptors (Lipinski definition) is 7. The van der Waals surface area contributed by atoms with E-state index in [4.69, 9.17) is 37.8 Å². The molecule has 0 radical (unpaired) electrons. The van der Waals surface area contributed by atoms with Crippen molar-refractivity contribution in [2.24, 2.45) is 0 Å². The lowest BCUT2D eigenvalue weighted by atomic mass is 10.3. The zero-order valence-corrected chi connectivity index (χ0v) is 17.0. The van der Waals surface area contributed by atoms with Crippen molar-refractivity contribution < 1.29 is 33.2 Å². The molecule has 7 nitrogen and oxygen atoms in total. The fourth-order valence-corrected chi connectivity index (χ4v) is 3.77. The molecule has 154 valence electrons. The highest BCUT2D eigenvalue weighted by molar-refractivity contribution is 7.91. The van der Waals surface area contributed by atoms with Crippen molar-refractivity contribution in [2.75, 3.05) is 25.7 Å². The third-order valence-corrected chi connectivity index (χ3v) is 6.03. The summed E-state index contributed by atoms with van der Waals surface area (Å²) < 4.78 is 36.1. The zero-order valence-electron chi connectivity index (χ0n) is 14.7. The standard InChI is InChI=1S/C18H20Cl2O7S/c19-8-12(22)10-27-18-6-5-16(7-17(18)20)28(24,25)15-3-1-14(2-4-15)26-11-13(23)9-21/h1-7,12-13,21-23H,8-11H2/t12-,13-/m0/s1. The van der Waals surface area contributed by atoms with Gasteiger partial charge in [0.2, 0.25) is 9.84 Å². The Morgan fingerprint density at radius 2 is 1.54 bits per heavy atom. The summed E-state index contributed by atoms with van der Waals surface area (Å²) in [4.78, 5) is 0.0111. The summed E-state index contributed by atoms with van der Waals surface area (Å²) in [5.41, 5.74) is 0. The van der Waals surface area contributed by atoms with Gasteiger partial charge in [-0.05, 0) is 42.5 Å². The van der Waals surface area contributed by atoms with Gasteiger partial charge in [-0.15, -0.1) is 11.6 Å². The van der Waals surface area contributed by atoms with Crippen molar-refractivity contribution in [1.29, 1.82) is 0 Å². The highest BCUT2D eigenvalue weighted by Gasteiger charge is 2.20. The minimum Gasteiger partial charge on any atom is -0.491 e. The zero-order chi connectivity index (χ0) is 20.7. The predicted molar refractivity (Wildman–Crippen MR) is 104 cm³/mol. The Morgan fingerprint density at radius 1 is 0.929 bits per heavy atom. The van der Waals surface area contributed by atoms with Crippen LogP contribution in [-0.4, -0.2) is 61.6 Å². The normalized spacial score (nSPS) is 13.8. The first-order valence-corrected chi connectivity index (χ1v) is 10.6. The molecule has 0 aliphatic heterocycles. The summed E-state index contributed by atoms with van der Waals surface area (Å²) in [5, 5.41) is 27.5. The van der Waals surface area contributed by atoms with Gasteiger partial charge in [-0.2, -0.15) is 0 Å². The molecule has 0 bridgehead atoms. The Bertz CT molecular complexity index is 872. The largest absolute Gasteiger partial charge is 0.491 e. The molecule has 0 fully saturated rings. The third-order valence-electron chi connectivity index (χ3n) is 3.61. The molecule has 0 spiro atoms. The van der Waals surface area contributed by atoms with Crippen molar-refractivity contribution in [3.63, 3.8) is 0 Å². The first-order valence-electron chi connectivity index (χ1n) is 8.21. The van der Waals surface area contributed by atoms with E-state index in [2.05, 4.69) is 0 Å². The second-order valence-electron chi connectivity index (χ2n) is 5.83. The number of halogens is 2. The van der Waals surface area contributed by atoms with Crippen molar-refractivity contribution in [2.45, 2.75) is 22.0 Å². The van der Waals surface area contributed by atoms with Crippen LogP contribution in [0.25, 0.3) is 0 Å². The molecule has 0 aliphatic carbocycles. The van der Waals surface area contributed by atoms with Crippen LogP contribution in [0.3, 0.4) is 0 Å². The van der Waals surface area contributed by atoms with Crippen LogP contribution in [0.5, 0.6) is 11.5 Å². The third kappa shape index (κ3) is 5.97. The van der Waals surface area contributed by atoms with Crippen LogP contribution in [0.15, 0.2) is 52.3 Å². The molecule has 0 aliphatic rings. The van der Waals surface area contributed by atoms with Gasteiger partial charge in [-0.25, -0.2) is 8.42 Å². The Morgan fingerprint density at radius 3 is 2.11 bits per heavy atom. The number of ether oxygens (including phenoxy) is 2. The van der Waals surface area contributed by atoms with Gasteiger partial charge in [0.1, 0.15) is 36.9 Å². The van der Waals surface area contributed by atoms with Crippen LogP contribution in [0.1, 0.15) is 0 Å². The fraction of sp³-hybridized carbons (Fsp3) is 0.333. The molecule has 28 heavy (non-hydrogen) atoms. The maximum atomic E-state index is 12.8. The number of hydrogen-bond donors (Lipinski definition) is 3. The molecule has 0 saturated carbocycles. The Hall–Kier alpha value is -1.55. The first kappa shape index (κ1) is 22.7. The fourth-order valence-electron chi connectivity index (χ4n) is 2.09. The van der Waals surface area contributed by atoms with Crippen molar-refractivity contribution in [1.82, 2.24) is 0 Å². The van der Waals surface area contributed by atoms with Gasteiger partial charge in [-0.3, -0.25) is 0 Å². The molecule has 0 saturated heterocycles. The summed E-state index contributed by atoms with van der Waals surface area (Å²) in [7, 11) is -3.82. The van der Waals surface area contributed by atoms with Crippen LogP contribution in [0.2, 0.25) is 5.02 Å². The Labute approximate surface area is 173 Å². The predicted octanol–water partition coefficient (Wildman–Crippen LogP) is 1.88. The van der Waals surface area contributed by atoms with E-state index < -0.39 is 28.7 Å². The van der Waals surface area contributed by atoms with Gasteiger partial charge in [-0.1, -0.05) is 11.6 Å². The molecule has 0 unspecified atom stereocenters. The molecule has 0 amide bonds. The number of sulfone groups is 1. The minimum absolute atomic E-state index is 0.00273. The summed E-state index contributed by atoms with van der Waals surface area (Å²) >= 11 is 11.6. The highest BCUT2D eigenvalue weighted by atomic mass is 35.5. The van der Waals surface area contributed by atoms with Gasteiger partial charge in [0, 0.05) is 0 Å². The summed E-state index contributed by atoms with van der Waals surface area (Å²) in [5.74, 6) is 0.588. The molecular weight excluding hydrogens is 431 g/mol. The van der Waals surface area contributed by atoms with Crippen LogP contribution in [-0.2, 0) is 9.84 Å². The second kappa shape index (κ2) is 10.3. The topological polar surface area (TPSA) is 113 Å². The van der Waals surface area contributed by atoms with E-state index in [0.717, 1.165) is 0 Å². The van der Waals surface area contributed by atoms with Crippen LogP contribution in [0.4, 0.5) is 0 Å². The molecule has 2 rings (SSSR count). The average molecular weight is 451 g/mol. The number of rotatable bonds is 10. The van der Waals surface area contributed by atoms with Crippen molar-refractivity contribution in [3.8, 4) is 11.5 Å². The highest BCUT2D eigenvalue weighted by Crippen LogP contribution is 2.31. The van der Waals surface area contributed by atoms with Crippen molar-refractivity contribution in [3.05, 3.63) is 47.5 Å². The number of benzene rings is 2. The van der Waals surface area contributed by atoms with Gasteiger partial charge < -0.3 is 24.8 Å². The molecule has 0 aromatic heterocycles. The molecule has 2 aromatic carbocycles. The maximum absolute atomic E-state index is 12.8. The van der Waals surface area contributed by atoms with E-state index in [9.17, 15) is 18.6 Å². The quantitative estimate of drug-likeness (QED) is 0.473. The second-order valence-corrected chi connectivity index (χ2v) is 8.50. The summed E-state index contributed by atoms with van der Waals surface area (Å²) in [6, 6.07) is 9.65. The number of alkyl halides is 1. The maximum Gasteiger partial charge on any atom is 0.206 e. The van der Waals surface area contributed by atoms with Gasteiger partial charge in [0.05, 0.1) is 27.3 Å². The molecule has 10 heteroatoms. The lowest BCUT2D eigenvalue weighted by Crippen LogP contribution is -2.21. The monoisotopic (exact) mass is 450 g/mol. The summed E-state index contributed by atoms with van der Waals surface area (Å²) in [6.07, 6.45) is -1.88. The van der Waals surface area contributed by atoms with E-state index >= 15 is 0 Å². The molecule has 2 aromatic rings. The van der Waals surface area contributed by atoms with Crippen molar-refractivity contribution >= 4 is 33.0 Å². The Balaban J connectivity index is 2.14. The van der Waals surface area contributed by atoms with E-state index in [1.807, 2.05) is 0 Å². The first-order chi connectivity index (χ1) is 13.3. The SMILES string of the molecule is O=S(=O)(c1ccc(OC[C@@H](O)CO)cc1)c1ccc(OC[C@@H](O)CCl)c(Cl)c1. The lowest BCUT2D eigenvalue weighted by Gasteiger charge is -2.13. The van der Waals surface area contributed by atoms with E-state index in [1.54, 1.807) is 0 Å². The van der Waals surface area contributed by atoms with E-state index in [0.29, 0.717) is 5.75 Å². The summed E-state index contributed by atoms with van der Waals surface area (Å²) in [6.45, 7) is -0.613. The number of aliphatic hydroxyl groups excluding tert-OH is 3. The smallest absolute Gasteiger partial charge is 0.206 e. The van der Waals surface area contributed by atoms with Crippen LogP contribution < -0.4 is 9.47 Å². The molecule has 0 heterocycles. The van der Waals surface area contributed by atoms with Crippen LogP contribution >= 0.6 is 23.2 Å². The number of aliphatic hydroxyl groups is 3. The Kier molecular flexibility index (Phi) is 8.36. The van der Waals surface area contributed by atoms with Gasteiger partial charge in [0.15, 0.2) is 0 Å². The van der Waals surface area contributed by atoms with Gasteiger partial charge in [0.25, 0.3) is 0 Å². The van der Waals surface area contributed by atoms with E-state index in [1.165, 1.54) is 42.5 Å². The van der Waals surface area contributed by atoms with Gasteiger partial charge >= 0.3 is 0 Å². The lowest BCUT2D eigenvalue weighted by molar-refractivity contribution is 0.0536. The minimum atomic E-state index is -3.82. The molecule has 2 atom stereocenters.